The van der Waals surface area contributed by atoms with E-state index in [9.17, 15) is 0 Å². The Hall–Kier alpha value is -3.42. The van der Waals surface area contributed by atoms with Gasteiger partial charge >= 0.3 is 0 Å². The molecule has 1 aliphatic carbocycles. The Kier molecular flexibility index (Phi) is 5.87. The van der Waals surface area contributed by atoms with E-state index in [1.165, 1.54) is 66.5 Å². The summed E-state index contributed by atoms with van der Waals surface area (Å²) in [5.41, 5.74) is 8.20. The molecule has 2 N–H and O–H groups in total. The van der Waals surface area contributed by atoms with E-state index >= 15 is 0 Å². The molecular weight excluding hydrogens is 416 g/mol. The molecule has 34 heavy (non-hydrogen) atoms. The van der Waals surface area contributed by atoms with Crippen LogP contribution < -0.4 is 5.32 Å². The Labute approximate surface area is 201 Å². The van der Waals surface area contributed by atoms with Gasteiger partial charge in [0, 0.05) is 35.9 Å². The van der Waals surface area contributed by atoms with Crippen LogP contribution in [0.4, 0.5) is 0 Å². The van der Waals surface area contributed by atoms with Crippen molar-refractivity contribution in [1.82, 2.24) is 15.3 Å². The molecule has 1 aromatic heterocycles. The summed E-state index contributed by atoms with van der Waals surface area (Å²) < 4.78 is 0. The van der Waals surface area contributed by atoms with Crippen molar-refractivity contribution in [3.8, 4) is 23.0 Å². The topological polar surface area (TPSA) is 53.1 Å². The fourth-order valence-electron chi connectivity index (χ4n) is 5.38. The molecule has 1 saturated heterocycles. The minimum atomic E-state index is 0.470. The number of allylic oxidation sites excluding steroid dienone is 1. The molecule has 2 aromatic carbocycles. The molecule has 4 heteroatoms. The zero-order valence-electron chi connectivity index (χ0n) is 19.5. The maximum Gasteiger partial charge on any atom is 0.110 e. The average molecular weight is 447 g/mol. The van der Waals surface area contributed by atoms with Crippen LogP contribution in [0.1, 0.15) is 73.5 Å². The zero-order valence-corrected chi connectivity index (χ0v) is 19.5. The summed E-state index contributed by atoms with van der Waals surface area (Å²) in [6.07, 6.45) is 12.5. The highest BCUT2D eigenvalue weighted by molar-refractivity contribution is 6.01. The first-order chi connectivity index (χ1) is 16.8. The first kappa shape index (κ1) is 21.1. The number of hydrogen-bond donors (Lipinski definition) is 2. The highest BCUT2D eigenvalue weighted by atomic mass is 15.0. The van der Waals surface area contributed by atoms with Gasteiger partial charge in [0.05, 0.1) is 6.20 Å². The Morgan fingerprint density at radius 3 is 2.26 bits per heavy atom. The van der Waals surface area contributed by atoms with Gasteiger partial charge in [-0.2, -0.15) is 0 Å². The third kappa shape index (κ3) is 4.49. The molecule has 0 radical (unpaired) electrons. The van der Waals surface area contributed by atoms with Crippen LogP contribution in [0.2, 0.25) is 0 Å². The van der Waals surface area contributed by atoms with Crippen molar-refractivity contribution in [3.63, 3.8) is 0 Å². The second kappa shape index (κ2) is 9.44. The lowest BCUT2D eigenvalue weighted by Gasteiger charge is -2.11. The molecule has 1 atom stereocenters. The standard InChI is InChI=1S/C30H30N4/c1-2-5-25(4-1)30-33-20-27(34-30)16-9-21-7-10-22(11-8-21)23-12-14-24(15-13-23)26-18-29(32-19-26)28-6-3-17-31-28/h7-8,10-15,19-20,25,28,31H,1-6,17-18H2,(H,33,34)/t28-/m0/s1. The van der Waals surface area contributed by atoms with Gasteiger partial charge in [-0.15, -0.1) is 0 Å². The number of aromatic nitrogens is 2. The van der Waals surface area contributed by atoms with Crippen molar-refractivity contribution in [2.24, 2.45) is 4.99 Å². The molecule has 0 bridgehead atoms. The first-order valence-corrected chi connectivity index (χ1v) is 12.6. The third-order valence-electron chi connectivity index (χ3n) is 7.37. The second-order valence-electron chi connectivity index (χ2n) is 9.67. The SMILES string of the molecule is C(#Cc1cnc(C2CCCC2)[nH]1)c1ccc(-c2ccc(C3=CN=C([C@@H]4CCCN4)C3)cc2)cc1. The Morgan fingerprint density at radius 1 is 0.794 bits per heavy atom. The quantitative estimate of drug-likeness (QED) is 0.478. The first-order valence-electron chi connectivity index (χ1n) is 12.6. The van der Waals surface area contributed by atoms with E-state index in [-0.39, 0.29) is 0 Å². The lowest BCUT2D eigenvalue weighted by Crippen LogP contribution is -2.29. The van der Waals surface area contributed by atoms with Gasteiger partial charge in [0.15, 0.2) is 0 Å². The number of imidazole rings is 1. The number of aromatic amines is 1. The predicted octanol–water partition coefficient (Wildman–Crippen LogP) is 6.07. The van der Waals surface area contributed by atoms with Crippen molar-refractivity contribution in [2.45, 2.75) is 56.9 Å². The molecule has 4 nitrogen and oxygen atoms in total. The molecule has 0 spiro atoms. The zero-order chi connectivity index (χ0) is 22.7. The van der Waals surface area contributed by atoms with Gasteiger partial charge in [-0.1, -0.05) is 55.2 Å². The van der Waals surface area contributed by atoms with Crippen molar-refractivity contribution >= 4 is 11.3 Å². The summed E-state index contributed by atoms with van der Waals surface area (Å²) in [5.74, 6) is 8.20. The van der Waals surface area contributed by atoms with Crippen LogP contribution in [0.5, 0.6) is 0 Å². The van der Waals surface area contributed by atoms with Crippen LogP contribution in [0.3, 0.4) is 0 Å². The molecule has 3 heterocycles. The van der Waals surface area contributed by atoms with Crippen LogP contribution in [0, 0.1) is 11.8 Å². The molecule has 6 rings (SSSR count). The van der Waals surface area contributed by atoms with Gasteiger partial charge < -0.3 is 10.3 Å². The van der Waals surface area contributed by atoms with Gasteiger partial charge in [0.25, 0.3) is 0 Å². The van der Waals surface area contributed by atoms with E-state index in [2.05, 4.69) is 75.7 Å². The molecule has 0 amide bonds. The van der Waals surface area contributed by atoms with Gasteiger partial charge in [0.1, 0.15) is 11.5 Å². The highest BCUT2D eigenvalue weighted by Crippen LogP contribution is 2.32. The lowest BCUT2D eigenvalue weighted by molar-refractivity contribution is 0.678. The largest absolute Gasteiger partial charge is 0.335 e. The van der Waals surface area contributed by atoms with Gasteiger partial charge in [0.2, 0.25) is 0 Å². The summed E-state index contributed by atoms with van der Waals surface area (Å²) in [7, 11) is 0. The molecule has 3 aliphatic rings. The molecule has 3 aromatic rings. The Balaban J connectivity index is 1.09. The number of nitrogens with zero attached hydrogens (tertiary/aromatic N) is 2. The average Bonchev–Trinajstić information content (AvgIpc) is 3.70. The van der Waals surface area contributed by atoms with Crippen molar-refractivity contribution in [2.75, 3.05) is 6.54 Å². The van der Waals surface area contributed by atoms with Crippen LogP contribution in [0.15, 0.2) is 65.9 Å². The number of aliphatic imine (C=N–C) groups is 1. The van der Waals surface area contributed by atoms with Gasteiger partial charge in [-0.3, -0.25) is 4.99 Å². The fraction of sp³-hybridized carbons (Fsp3) is 0.333. The number of rotatable bonds is 4. The number of H-pyrrole nitrogens is 1. The maximum atomic E-state index is 4.70. The molecule has 2 aliphatic heterocycles. The molecular formula is C30H30N4. The monoisotopic (exact) mass is 446 g/mol. The number of nitrogens with one attached hydrogen (secondary N) is 2. The second-order valence-corrected chi connectivity index (χ2v) is 9.67. The van der Waals surface area contributed by atoms with Crippen LogP contribution >= 0.6 is 0 Å². The highest BCUT2D eigenvalue weighted by Gasteiger charge is 2.23. The normalized spacial score (nSPS) is 20.2. The van der Waals surface area contributed by atoms with Crippen molar-refractivity contribution < 1.29 is 0 Å². The summed E-state index contributed by atoms with van der Waals surface area (Å²) in [5, 5.41) is 3.56. The van der Waals surface area contributed by atoms with E-state index in [1.54, 1.807) is 0 Å². The van der Waals surface area contributed by atoms with E-state index < -0.39 is 0 Å². The van der Waals surface area contributed by atoms with Gasteiger partial charge in [-0.25, -0.2) is 4.98 Å². The summed E-state index contributed by atoms with van der Waals surface area (Å²) in [6.45, 7) is 1.11. The summed E-state index contributed by atoms with van der Waals surface area (Å²) in [6, 6.07) is 17.8. The van der Waals surface area contributed by atoms with E-state index in [0.29, 0.717) is 12.0 Å². The molecule has 2 fully saturated rings. The van der Waals surface area contributed by atoms with Crippen molar-refractivity contribution in [3.05, 3.63) is 83.6 Å². The Morgan fingerprint density at radius 2 is 1.53 bits per heavy atom. The number of benzene rings is 2. The maximum absolute atomic E-state index is 4.70. The molecule has 1 saturated carbocycles. The van der Waals surface area contributed by atoms with Crippen molar-refractivity contribution in [1.29, 1.82) is 0 Å². The minimum absolute atomic E-state index is 0.470. The Bertz CT molecular complexity index is 1270. The van der Waals surface area contributed by atoms with Crippen LogP contribution in [-0.4, -0.2) is 28.3 Å². The van der Waals surface area contributed by atoms with Crippen LogP contribution in [-0.2, 0) is 0 Å². The van der Waals surface area contributed by atoms with E-state index in [0.717, 1.165) is 30.0 Å². The summed E-state index contributed by atoms with van der Waals surface area (Å²) in [4.78, 5) is 12.7. The van der Waals surface area contributed by atoms with E-state index in [4.69, 9.17) is 4.99 Å². The fourth-order valence-corrected chi connectivity index (χ4v) is 5.38. The van der Waals surface area contributed by atoms with Crippen LogP contribution in [0.25, 0.3) is 16.7 Å². The lowest BCUT2D eigenvalue weighted by atomic mass is 9.96. The van der Waals surface area contributed by atoms with Gasteiger partial charge in [-0.05, 0) is 72.5 Å². The minimum Gasteiger partial charge on any atom is -0.335 e. The third-order valence-corrected chi connectivity index (χ3v) is 7.37. The summed E-state index contributed by atoms with van der Waals surface area (Å²) >= 11 is 0. The number of hydrogen-bond acceptors (Lipinski definition) is 3. The van der Waals surface area contributed by atoms with E-state index in [1.807, 2.05) is 12.4 Å². The predicted molar refractivity (Wildman–Crippen MR) is 139 cm³/mol. The molecule has 0 unspecified atom stereocenters. The smallest absolute Gasteiger partial charge is 0.110 e. The molecule has 170 valence electrons.